The van der Waals surface area contributed by atoms with Gasteiger partial charge in [-0.05, 0) is 49.1 Å². The first-order chi connectivity index (χ1) is 14.3. The lowest BCUT2D eigenvalue weighted by Crippen LogP contribution is -2.25. The molecule has 0 atom stereocenters. The van der Waals surface area contributed by atoms with Crippen LogP contribution in [0.5, 0.6) is 11.5 Å². The summed E-state index contributed by atoms with van der Waals surface area (Å²) in [6.45, 7) is 1.88. The summed E-state index contributed by atoms with van der Waals surface area (Å²) in [6.07, 6.45) is 2.94. The molecule has 6 heteroatoms. The van der Waals surface area contributed by atoms with Crippen molar-refractivity contribution in [1.29, 1.82) is 0 Å². The Hall–Kier alpha value is -3.28. The third-order valence-electron chi connectivity index (χ3n) is 5.20. The number of hydrogen-bond donors (Lipinski definition) is 2. The Bertz CT molecular complexity index is 1060. The van der Waals surface area contributed by atoms with Gasteiger partial charge in [-0.2, -0.15) is 0 Å². The van der Waals surface area contributed by atoms with Crippen molar-refractivity contribution in [2.24, 2.45) is 0 Å². The average Bonchev–Trinajstić information content (AvgIpc) is 3.57. The summed E-state index contributed by atoms with van der Waals surface area (Å²) in [5.74, 6) is 2.29. The highest BCUT2D eigenvalue weighted by Gasteiger charge is 2.25. The predicted octanol–water partition coefficient (Wildman–Crippen LogP) is 3.55. The van der Waals surface area contributed by atoms with Gasteiger partial charge in [0, 0.05) is 18.0 Å². The van der Waals surface area contributed by atoms with E-state index < -0.39 is 0 Å². The van der Waals surface area contributed by atoms with E-state index in [2.05, 4.69) is 21.7 Å². The topological polar surface area (TPSA) is 72.5 Å². The second kappa shape index (κ2) is 7.62. The zero-order chi connectivity index (χ0) is 19.6. The van der Waals surface area contributed by atoms with Gasteiger partial charge in [0.15, 0.2) is 11.5 Å². The molecule has 2 N–H and O–H groups in total. The number of pyridine rings is 1. The minimum atomic E-state index is -0.0269. The lowest BCUT2D eigenvalue weighted by Gasteiger charge is -2.19. The standard InChI is InChI=1S/C23H23N3O3/c27-23(25-16-6-7-16)18-14-22(26-19-4-2-1-3-17(18)19)24-10-9-15-5-8-20-21(13-15)29-12-11-28-20/h1-5,8,13-14,16H,6-7,9-12H2,(H,24,26)(H,25,27). The molecule has 0 bridgehead atoms. The van der Waals surface area contributed by atoms with E-state index in [4.69, 9.17) is 9.47 Å². The molecule has 0 saturated heterocycles. The molecule has 2 aromatic carbocycles. The van der Waals surface area contributed by atoms with Crippen molar-refractivity contribution in [3.63, 3.8) is 0 Å². The summed E-state index contributed by atoms with van der Waals surface area (Å²) in [5, 5.41) is 7.32. The zero-order valence-electron chi connectivity index (χ0n) is 16.1. The van der Waals surface area contributed by atoms with Crippen LogP contribution in [0.2, 0.25) is 0 Å². The number of para-hydroxylation sites is 1. The molecule has 1 aromatic heterocycles. The van der Waals surface area contributed by atoms with Gasteiger partial charge in [-0.25, -0.2) is 4.98 Å². The van der Waals surface area contributed by atoms with Crippen LogP contribution in [0, 0.1) is 0 Å². The van der Waals surface area contributed by atoms with Crippen LogP contribution in [0.4, 0.5) is 5.82 Å². The van der Waals surface area contributed by atoms with E-state index in [1.807, 2.05) is 42.5 Å². The zero-order valence-corrected chi connectivity index (χ0v) is 16.1. The molecule has 148 valence electrons. The Morgan fingerprint density at radius 1 is 1.03 bits per heavy atom. The van der Waals surface area contributed by atoms with Crippen LogP contribution in [0.1, 0.15) is 28.8 Å². The number of nitrogens with zero attached hydrogens (tertiary/aromatic N) is 1. The Labute approximate surface area is 169 Å². The lowest BCUT2D eigenvalue weighted by atomic mass is 10.1. The molecule has 2 aliphatic rings. The molecule has 2 heterocycles. The van der Waals surface area contributed by atoms with Crippen molar-refractivity contribution in [1.82, 2.24) is 10.3 Å². The number of carbonyl (C=O) groups excluding carboxylic acids is 1. The first-order valence-electron chi connectivity index (χ1n) is 10.1. The maximum Gasteiger partial charge on any atom is 0.252 e. The maximum atomic E-state index is 12.7. The monoisotopic (exact) mass is 389 g/mol. The van der Waals surface area contributed by atoms with Crippen LogP contribution in [-0.4, -0.2) is 36.7 Å². The number of fused-ring (bicyclic) bond motifs is 2. The van der Waals surface area contributed by atoms with Crippen LogP contribution >= 0.6 is 0 Å². The molecule has 5 rings (SSSR count). The van der Waals surface area contributed by atoms with Crippen molar-refractivity contribution in [3.8, 4) is 11.5 Å². The number of nitrogens with one attached hydrogen (secondary N) is 2. The highest BCUT2D eigenvalue weighted by molar-refractivity contribution is 6.07. The molecule has 1 aliphatic heterocycles. The number of carbonyl (C=O) groups is 1. The molecular weight excluding hydrogens is 366 g/mol. The van der Waals surface area contributed by atoms with Gasteiger partial charge in [0.2, 0.25) is 0 Å². The summed E-state index contributed by atoms with van der Waals surface area (Å²) in [4.78, 5) is 17.4. The van der Waals surface area contributed by atoms with Crippen LogP contribution in [0.15, 0.2) is 48.5 Å². The van der Waals surface area contributed by atoms with Crippen LogP contribution < -0.4 is 20.1 Å². The van der Waals surface area contributed by atoms with Crippen molar-refractivity contribution < 1.29 is 14.3 Å². The molecule has 29 heavy (non-hydrogen) atoms. The number of benzene rings is 2. The fourth-order valence-corrected chi connectivity index (χ4v) is 3.52. The van der Waals surface area contributed by atoms with E-state index in [0.29, 0.717) is 37.2 Å². The van der Waals surface area contributed by atoms with Gasteiger partial charge in [0.25, 0.3) is 5.91 Å². The van der Waals surface area contributed by atoms with Gasteiger partial charge < -0.3 is 20.1 Å². The summed E-state index contributed by atoms with van der Waals surface area (Å²) >= 11 is 0. The van der Waals surface area contributed by atoms with E-state index in [1.54, 1.807) is 0 Å². The second-order valence-electron chi connectivity index (χ2n) is 7.47. The summed E-state index contributed by atoms with van der Waals surface area (Å²) in [5.41, 5.74) is 2.65. The molecule has 6 nitrogen and oxygen atoms in total. The van der Waals surface area contributed by atoms with Gasteiger partial charge in [0.1, 0.15) is 19.0 Å². The molecule has 1 saturated carbocycles. The van der Waals surface area contributed by atoms with Gasteiger partial charge in [-0.15, -0.1) is 0 Å². The third kappa shape index (κ3) is 3.97. The predicted molar refractivity (Wildman–Crippen MR) is 112 cm³/mol. The molecule has 1 amide bonds. The summed E-state index contributed by atoms with van der Waals surface area (Å²) in [7, 11) is 0. The van der Waals surface area contributed by atoms with Crippen molar-refractivity contribution >= 4 is 22.6 Å². The highest BCUT2D eigenvalue weighted by atomic mass is 16.6. The van der Waals surface area contributed by atoms with Gasteiger partial charge in [-0.3, -0.25) is 4.79 Å². The van der Waals surface area contributed by atoms with Crippen molar-refractivity contribution in [2.45, 2.75) is 25.3 Å². The normalized spacial score (nSPS) is 15.2. The van der Waals surface area contributed by atoms with Gasteiger partial charge >= 0.3 is 0 Å². The summed E-state index contributed by atoms with van der Waals surface area (Å²) < 4.78 is 11.2. The van der Waals surface area contributed by atoms with E-state index in [0.717, 1.165) is 47.2 Å². The van der Waals surface area contributed by atoms with Crippen LogP contribution in [0.25, 0.3) is 10.9 Å². The molecule has 1 aliphatic carbocycles. The smallest absolute Gasteiger partial charge is 0.252 e. The Morgan fingerprint density at radius 3 is 2.72 bits per heavy atom. The molecule has 0 unspecified atom stereocenters. The molecule has 0 spiro atoms. The van der Waals surface area contributed by atoms with E-state index in [9.17, 15) is 4.79 Å². The third-order valence-corrected chi connectivity index (χ3v) is 5.20. The lowest BCUT2D eigenvalue weighted by molar-refractivity contribution is 0.0952. The van der Waals surface area contributed by atoms with E-state index >= 15 is 0 Å². The quantitative estimate of drug-likeness (QED) is 0.675. The molecular formula is C23H23N3O3. The number of ether oxygens (including phenoxy) is 2. The Kier molecular flexibility index (Phi) is 4.68. The number of amides is 1. The fourth-order valence-electron chi connectivity index (χ4n) is 3.52. The molecule has 3 aromatic rings. The first kappa shape index (κ1) is 17.8. The largest absolute Gasteiger partial charge is 0.486 e. The number of rotatable bonds is 6. The van der Waals surface area contributed by atoms with Crippen molar-refractivity contribution in [3.05, 3.63) is 59.7 Å². The Balaban J connectivity index is 1.31. The SMILES string of the molecule is O=C(NC1CC1)c1cc(NCCc2ccc3c(c2)OCCO3)nc2ccccc12. The fraction of sp³-hybridized carbons (Fsp3) is 0.304. The maximum absolute atomic E-state index is 12.7. The number of aromatic nitrogens is 1. The van der Waals surface area contributed by atoms with Gasteiger partial charge in [0.05, 0.1) is 11.1 Å². The minimum Gasteiger partial charge on any atom is -0.486 e. The summed E-state index contributed by atoms with van der Waals surface area (Å²) in [6, 6.07) is 16.0. The van der Waals surface area contributed by atoms with Crippen molar-refractivity contribution in [2.75, 3.05) is 25.1 Å². The second-order valence-corrected chi connectivity index (χ2v) is 7.47. The highest BCUT2D eigenvalue weighted by Crippen LogP contribution is 2.31. The molecule has 0 radical (unpaired) electrons. The van der Waals surface area contributed by atoms with Crippen LogP contribution in [0.3, 0.4) is 0 Å². The van der Waals surface area contributed by atoms with Crippen LogP contribution in [-0.2, 0) is 6.42 Å². The average molecular weight is 389 g/mol. The van der Waals surface area contributed by atoms with E-state index in [-0.39, 0.29) is 5.91 Å². The number of hydrogen-bond acceptors (Lipinski definition) is 5. The minimum absolute atomic E-state index is 0.0269. The van der Waals surface area contributed by atoms with E-state index in [1.165, 1.54) is 0 Å². The number of anilines is 1. The van der Waals surface area contributed by atoms with Gasteiger partial charge in [-0.1, -0.05) is 24.3 Å². The molecule has 1 fully saturated rings. The Morgan fingerprint density at radius 2 is 1.86 bits per heavy atom. The first-order valence-corrected chi connectivity index (χ1v) is 10.1.